The molecule has 0 radical (unpaired) electrons. The minimum Gasteiger partial charge on any atom is -0.497 e. The van der Waals surface area contributed by atoms with E-state index in [9.17, 15) is 4.79 Å². The highest BCUT2D eigenvalue weighted by Gasteiger charge is 2.10. The Labute approximate surface area is 163 Å². The first kappa shape index (κ1) is 17.7. The number of ether oxygens (including phenoxy) is 2. The molecule has 28 heavy (non-hydrogen) atoms. The first-order valence-corrected chi connectivity index (χ1v) is 8.99. The Morgan fingerprint density at radius 3 is 2.36 bits per heavy atom. The number of nitrogens with zero attached hydrogens (tertiary/aromatic N) is 1. The Hall–Kier alpha value is -3.66. The molecule has 0 bridgehead atoms. The van der Waals surface area contributed by atoms with Crippen LogP contribution in [0.5, 0.6) is 5.75 Å². The van der Waals surface area contributed by atoms with E-state index in [0.29, 0.717) is 5.69 Å². The fourth-order valence-corrected chi connectivity index (χ4v) is 2.99. The van der Waals surface area contributed by atoms with Gasteiger partial charge in [0.05, 0.1) is 12.6 Å². The van der Waals surface area contributed by atoms with Crippen LogP contribution >= 0.6 is 0 Å². The van der Waals surface area contributed by atoms with E-state index in [1.807, 2.05) is 66.7 Å². The van der Waals surface area contributed by atoms with Gasteiger partial charge < -0.3 is 9.47 Å². The largest absolute Gasteiger partial charge is 0.497 e. The number of carbonyl (C=O) groups excluding carboxylic acids is 1. The number of benzene rings is 3. The second-order valence-electron chi connectivity index (χ2n) is 6.39. The van der Waals surface area contributed by atoms with Gasteiger partial charge in [-0.3, -0.25) is 0 Å². The van der Waals surface area contributed by atoms with E-state index >= 15 is 0 Å². The number of pyridine rings is 1. The molecule has 0 fully saturated rings. The van der Waals surface area contributed by atoms with Crippen LogP contribution in [0.3, 0.4) is 0 Å². The maximum Gasteiger partial charge on any atom is 0.357 e. The van der Waals surface area contributed by atoms with Gasteiger partial charge >= 0.3 is 5.97 Å². The van der Waals surface area contributed by atoms with E-state index in [2.05, 4.69) is 17.1 Å². The van der Waals surface area contributed by atoms with Gasteiger partial charge in [-0.15, -0.1) is 0 Å². The zero-order chi connectivity index (χ0) is 19.3. The van der Waals surface area contributed by atoms with Crippen LogP contribution in [0.4, 0.5) is 0 Å². The summed E-state index contributed by atoms with van der Waals surface area (Å²) in [4.78, 5) is 16.8. The van der Waals surface area contributed by atoms with E-state index in [-0.39, 0.29) is 6.61 Å². The average Bonchev–Trinajstić information content (AvgIpc) is 2.77. The van der Waals surface area contributed by atoms with Crippen LogP contribution in [-0.4, -0.2) is 18.1 Å². The number of fused-ring (bicyclic) bond motifs is 1. The molecule has 0 amide bonds. The van der Waals surface area contributed by atoms with Crippen LogP contribution in [-0.2, 0) is 11.3 Å². The Morgan fingerprint density at radius 1 is 0.857 bits per heavy atom. The second kappa shape index (κ2) is 7.92. The van der Waals surface area contributed by atoms with Crippen molar-refractivity contribution in [2.24, 2.45) is 0 Å². The third-order valence-corrected chi connectivity index (χ3v) is 4.54. The standard InChI is InChI=1S/C24H19NO3/c1-27-21-12-14-22-20(15-21)11-13-23(25-22)24(26)28-16-17-7-9-19(10-8-17)18-5-3-2-4-6-18/h2-15H,16H2,1H3. The zero-order valence-electron chi connectivity index (χ0n) is 15.5. The molecule has 0 saturated carbocycles. The molecular weight excluding hydrogens is 350 g/mol. The summed E-state index contributed by atoms with van der Waals surface area (Å²) in [6, 6.07) is 27.2. The van der Waals surface area contributed by atoms with Crippen LogP contribution < -0.4 is 4.74 Å². The molecule has 4 heteroatoms. The number of hydrogen-bond donors (Lipinski definition) is 0. The number of esters is 1. The highest BCUT2D eigenvalue weighted by atomic mass is 16.5. The summed E-state index contributed by atoms with van der Waals surface area (Å²) >= 11 is 0. The van der Waals surface area contributed by atoms with Crippen molar-refractivity contribution in [1.29, 1.82) is 0 Å². The van der Waals surface area contributed by atoms with Gasteiger partial charge in [-0.05, 0) is 41.0 Å². The van der Waals surface area contributed by atoms with Crippen molar-refractivity contribution in [3.8, 4) is 16.9 Å². The van der Waals surface area contributed by atoms with Gasteiger partial charge in [-0.1, -0.05) is 60.7 Å². The summed E-state index contributed by atoms with van der Waals surface area (Å²) in [6.07, 6.45) is 0. The lowest BCUT2D eigenvalue weighted by Crippen LogP contribution is -2.07. The Kier molecular flexibility index (Phi) is 5.02. The third kappa shape index (κ3) is 3.86. The summed E-state index contributed by atoms with van der Waals surface area (Å²) in [5, 5.41) is 0.910. The predicted octanol–water partition coefficient (Wildman–Crippen LogP) is 5.27. The molecule has 0 N–H and O–H groups in total. The quantitative estimate of drug-likeness (QED) is 0.450. The fourth-order valence-electron chi connectivity index (χ4n) is 2.99. The highest BCUT2D eigenvalue weighted by molar-refractivity contribution is 5.91. The molecule has 1 heterocycles. The first-order valence-electron chi connectivity index (χ1n) is 8.99. The summed E-state index contributed by atoms with van der Waals surface area (Å²) in [7, 11) is 1.62. The van der Waals surface area contributed by atoms with Crippen molar-refractivity contribution in [3.05, 3.63) is 96.2 Å². The van der Waals surface area contributed by atoms with Gasteiger partial charge in [0.15, 0.2) is 0 Å². The second-order valence-corrected chi connectivity index (χ2v) is 6.39. The minimum absolute atomic E-state index is 0.205. The number of aromatic nitrogens is 1. The monoisotopic (exact) mass is 369 g/mol. The Bertz CT molecular complexity index is 1110. The lowest BCUT2D eigenvalue weighted by molar-refractivity contribution is 0.0466. The first-order chi connectivity index (χ1) is 13.7. The maximum absolute atomic E-state index is 12.4. The van der Waals surface area contributed by atoms with Crippen LogP contribution in [0.15, 0.2) is 84.9 Å². The van der Waals surface area contributed by atoms with Crippen LogP contribution in [0.25, 0.3) is 22.0 Å². The summed E-state index contributed by atoms with van der Waals surface area (Å²) in [5.74, 6) is 0.313. The molecule has 0 aliphatic carbocycles. The van der Waals surface area contributed by atoms with Gasteiger partial charge in [-0.2, -0.15) is 0 Å². The van der Waals surface area contributed by atoms with E-state index in [4.69, 9.17) is 9.47 Å². The molecule has 138 valence electrons. The lowest BCUT2D eigenvalue weighted by Gasteiger charge is -2.07. The lowest BCUT2D eigenvalue weighted by atomic mass is 10.0. The molecular formula is C24H19NO3. The molecule has 0 saturated heterocycles. The number of hydrogen-bond acceptors (Lipinski definition) is 4. The molecule has 1 aromatic heterocycles. The number of methoxy groups -OCH3 is 1. The average molecular weight is 369 g/mol. The topological polar surface area (TPSA) is 48.4 Å². The van der Waals surface area contributed by atoms with Crippen LogP contribution in [0, 0.1) is 0 Å². The van der Waals surface area contributed by atoms with Gasteiger partial charge in [0, 0.05) is 5.39 Å². The van der Waals surface area contributed by atoms with E-state index in [1.54, 1.807) is 13.2 Å². The molecule has 0 spiro atoms. The zero-order valence-corrected chi connectivity index (χ0v) is 15.5. The molecule has 0 aliphatic rings. The van der Waals surface area contributed by atoms with Crippen molar-refractivity contribution < 1.29 is 14.3 Å². The van der Waals surface area contributed by atoms with Crippen molar-refractivity contribution in [1.82, 2.24) is 4.98 Å². The van der Waals surface area contributed by atoms with E-state index < -0.39 is 5.97 Å². The summed E-state index contributed by atoms with van der Waals surface area (Å²) in [6.45, 7) is 0.205. The number of carbonyl (C=O) groups is 1. The molecule has 4 aromatic rings. The van der Waals surface area contributed by atoms with E-state index in [1.165, 1.54) is 0 Å². The van der Waals surface area contributed by atoms with Crippen molar-refractivity contribution in [2.75, 3.05) is 7.11 Å². The minimum atomic E-state index is -0.440. The van der Waals surface area contributed by atoms with Gasteiger partial charge in [0.1, 0.15) is 18.1 Å². The smallest absolute Gasteiger partial charge is 0.357 e. The van der Waals surface area contributed by atoms with Crippen LogP contribution in [0.2, 0.25) is 0 Å². The maximum atomic E-state index is 12.4. The van der Waals surface area contributed by atoms with Crippen molar-refractivity contribution in [3.63, 3.8) is 0 Å². The predicted molar refractivity (Wildman–Crippen MR) is 109 cm³/mol. The van der Waals surface area contributed by atoms with Crippen LogP contribution in [0.1, 0.15) is 16.1 Å². The molecule has 4 rings (SSSR count). The van der Waals surface area contributed by atoms with Crippen molar-refractivity contribution in [2.45, 2.75) is 6.61 Å². The third-order valence-electron chi connectivity index (χ3n) is 4.54. The molecule has 0 unspecified atom stereocenters. The molecule has 3 aromatic carbocycles. The molecule has 4 nitrogen and oxygen atoms in total. The molecule has 0 aliphatic heterocycles. The molecule has 0 atom stereocenters. The fraction of sp³-hybridized carbons (Fsp3) is 0.0833. The van der Waals surface area contributed by atoms with E-state index in [0.717, 1.165) is 33.3 Å². The Morgan fingerprint density at radius 2 is 1.61 bits per heavy atom. The van der Waals surface area contributed by atoms with Gasteiger partial charge in [0.2, 0.25) is 0 Å². The normalized spacial score (nSPS) is 10.6. The van der Waals surface area contributed by atoms with Gasteiger partial charge in [0.25, 0.3) is 0 Å². The Balaban J connectivity index is 1.43. The van der Waals surface area contributed by atoms with Crippen molar-refractivity contribution >= 4 is 16.9 Å². The number of rotatable bonds is 5. The summed E-state index contributed by atoms with van der Waals surface area (Å²) in [5.41, 5.74) is 4.23. The summed E-state index contributed by atoms with van der Waals surface area (Å²) < 4.78 is 10.6. The highest BCUT2D eigenvalue weighted by Crippen LogP contribution is 2.21. The van der Waals surface area contributed by atoms with Gasteiger partial charge in [-0.25, -0.2) is 9.78 Å². The SMILES string of the molecule is COc1ccc2nc(C(=O)OCc3ccc(-c4ccccc4)cc3)ccc2c1.